The quantitative estimate of drug-likeness (QED) is 0.0363. The molecule has 0 fully saturated rings. The lowest BCUT2D eigenvalue weighted by molar-refractivity contribution is 0.227. The van der Waals surface area contributed by atoms with Crippen LogP contribution in [0.2, 0.25) is 0 Å². The summed E-state index contributed by atoms with van der Waals surface area (Å²) in [7, 11) is 0. The summed E-state index contributed by atoms with van der Waals surface area (Å²) in [4.78, 5) is 0. The van der Waals surface area contributed by atoms with Crippen LogP contribution in [0.3, 0.4) is 0 Å². The Morgan fingerprint density at radius 2 is 0.740 bits per heavy atom. The smallest absolute Gasteiger partial charge is 0.248 e. The van der Waals surface area contributed by atoms with Gasteiger partial charge in [0.15, 0.2) is 0 Å². The normalized spacial score (nSPS) is 13.4. The summed E-state index contributed by atoms with van der Waals surface area (Å²) in [5, 5.41) is 8.93. The average molecular weight is 1040 g/mol. The number of aromatic nitrogens is 2. The second-order valence-electron chi connectivity index (χ2n) is 21.1. The monoisotopic (exact) mass is 1040 g/mol. The molecule has 7 nitrogen and oxygen atoms in total. The Hall–Kier alpha value is -6.34. The predicted octanol–water partition coefficient (Wildman–Crippen LogP) is 20.3. The van der Waals surface area contributed by atoms with Gasteiger partial charge in [-0.1, -0.05) is 223 Å². The molecule has 412 valence electrons. The van der Waals surface area contributed by atoms with E-state index >= 15 is 0 Å². The fourth-order valence-corrected chi connectivity index (χ4v) is 9.46. The third-order valence-corrected chi connectivity index (χ3v) is 15.1. The Balaban J connectivity index is 1.19. The number of hydrogen-bond acceptors (Lipinski definition) is 7. The number of nitrogens with zero attached hydrogens (tertiary/aromatic N) is 2. The van der Waals surface area contributed by atoms with Crippen molar-refractivity contribution in [2.75, 3.05) is 26.4 Å². The van der Waals surface area contributed by atoms with Gasteiger partial charge in [0.2, 0.25) is 11.8 Å². The summed E-state index contributed by atoms with van der Waals surface area (Å²) in [6, 6.07) is 37.5. The second-order valence-corrected chi connectivity index (χ2v) is 21.1. The molecule has 0 aliphatic carbocycles. The Bertz CT molecular complexity index is 2670. The van der Waals surface area contributed by atoms with E-state index in [9.17, 15) is 0 Å². The molecule has 7 heteroatoms. The van der Waals surface area contributed by atoms with Gasteiger partial charge < -0.3 is 23.4 Å². The third kappa shape index (κ3) is 19.9. The van der Waals surface area contributed by atoms with E-state index in [4.69, 9.17) is 23.4 Å². The first-order valence-electron chi connectivity index (χ1n) is 29.8. The summed E-state index contributed by atoms with van der Waals surface area (Å²) in [5.41, 5.74) is 7.97. The van der Waals surface area contributed by atoms with Gasteiger partial charge in [0.1, 0.15) is 23.0 Å². The van der Waals surface area contributed by atoms with Crippen molar-refractivity contribution in [3.05, 3.63) is 143 Å². The van der Waals surface area contributed by atoms with E-state index in [2.05, 4.69) is 181 Å². The van der Waals surface area contributed by atoms with E-state index in [1.54, 1.807) is 0 Å². The fraction of sp³-hybridized carbons (Fsp3) is 0.457. The summed E-state index contributed by atoms with van der Waals surface area (Å²) < 4.78 is 32.7. The van der Waals surface area contributed by atoms with E-state index in [0.717, 1.165) is 106 Å². The molecule has 0 saturated carbocycles. The largest absolute Gasteiger partial charge is 0.493 e. The molecule has 0 spiro atoms. The standard InChI is InChI=1S/C70H92N2O5/c1-9-17-24-53(13-5)49-73-65-44-45-66(74-50-54(14-6)25-18-10-2)62(46-65)41-35-58-30-37-60(38-31-58)69-71-72-70(77-69)61-39-32-59(33-40-61)36-43-64-48-67(75-51-55(15-7)26-19-11-3)63(42-34-57-28-22-21-23-29-57)47-68(64)76-52-56(16-8)27-20-12-4/h21-23,28-48,53-56H,9-20,24-27,49-52H2,1-8H3/b41-35+,42-34+,43-36+. The average Bonchev–Trinajstić information content (AvgIpc) is 3.98. The molecule has 5 aromatic carbocycles. The van der Waals surface area contributed by atoms with Crippen molar-refractivity contribution in [2.24, 2.45) is 23.7 Å². The lowest BCUT2D eigenvalue weighted by atomic mass is 10.00. The van der Waals surface area contributed by atoms with Gasteiger partial charge in [0, 0.05) is 27.8 Å². The van der Waals surface area contributed by atoms with Gasteiger partial charge >= 0.3 is 0 Å². The minimum atomic E-state index is 0.472. The Labute approximate surface area is 464 Å². The van der Waals surface area contributed by atoms with Crippen LogP contribution >= 0.6 is 0 Å². The van der Waals surface area contributed by atoms with E-state index in [1.165, 1.54) is 70.6 Å². The SMILES string of the molecule is CCCCC(CC)COc1ccc(OCC(CC)CCCC)c(/C=C/c2ccc(-c3nnc(-c4ccc(/C=C/c5cc(OCC(CC)CCCC)c(/C=C/c6ccccc6)cc5OCC(CC)CCCC)cc4)o3)cc2)c1. The lowest BCUT2D eigenvalue weighted by Crippen LogP contribution is -2.13. The van der Waals surface area contributed by atoms with Crippen LogP contribution < -0.4 is 18.9 Å². The summed E-state index contributed by atoms with van der Waals surface area (Å²) in [6.45, 7) is 20.9. The fourth-order valence-electron chi connectivity index (χ4n) is 9.46. The van der Waals surface area contributed by atoms with Gasteiger partial charge in [0.05, 0.1) is 26.4 Å². The van der Waals surface area contributed by atoms with Crippen LogP contribution in [0, 0.1) is 23.7 Å². The Kier molecular flexibility index (Phi) is 26.2. The number of ether oxygens (including phenoxy) is 4. The molecule has 1 aromatic heterocycles. The molecule has 4 atom stereocenters. The van der Waals surface area contributed by atoms with Crippen molar-refractivity contribution in [3.63, 3.8) is 0 Å². The van der Waals surface area contributed by atoms with Gasteiger partial charge in [-0.05, 0) is 121 Å². The van der Waals surface area contributed by atoms with E-state index < -0.39 is 0 Å². The van der Waals surface area contributed by atoms with Crippen LogP contribution in [0.5, 0.6) is 23.0 Å². The van der Waals surface area contributed by atoms with Crippen molar-refractivity contribution in [2.45, 2.75) is 158 Å². The molecule has 0 aliphatic rings. The maximum atomic E-state index is 6.76. The zero-order valence-corrected chi connectivity index (χ0v) is 48.2. The number of benzene rings is 5. The summed E-state index contributed by atoms with van der Waals surface area (Å²) in [5.74, 6) is 6.53. The molecule has 4 unspecified atom stereocenters. The molecule has 0 aliphatic heterocycles. The number of rotatable bonds is 36. The molecule has 0 N–H and O–H groups in total. The molecule has 6 aromatic rings. The van der Waals surface area contributed by atoms with Crippen LogP contribution in [0.4, 0.5) is 0 Å². The first kappa shape index (κ1) is 59.9. The number of unbranched alkanes of at least 4 members (excludes halogenated alkanes) is 4. The van der Waals surface area contributed by atoms with Crippen molar-refractivity contribution in [1.82, 2.24) is 10.2 Å². The maximum absolute atomic E-state index is 6.76. The molecule has 6 rings (SSSR count). The van der Waals surface area contributed by atoms with E-state index in [1.807, 2.05) is 30.3 Å². The minimum absolute atomic E-state index is 0.472. The maximum Gasteiger partial charge on any atom is 0.248 e. The third-order valence-electron chi connectivity index (χ3n) is 15.1. The van der Waals surface area contributed by atoms with Gasteiger partial charge in [-0.15, -0.1) is 10.2 Å². The highest BCUT2D eigenvalue weighted by Crippen LogP contribution is 2.35. The highest BCUT2D eigenvalue weighted by molar-refractivity contribution is 5.79. The van der Waals surface area contributed by atoms with E-state index in [0.29, 0.717) is 55.3 Å². The second kappa shape index (κ2) is 33.7. The Morgan fingerprint density at radius 1 is 0.377 bits per heavy atom. The van der Waals surface area contributed by atoms with Crippen LogP contribution in [0.25, 0.3) is 59.4 Å². The molecule has 0 saturated heterocycles. The predicted molar refractivity (Wildman–Crippen MR) is 326 cm³/mol. The first-order valence-corrected chi connectivity index (χ1v) is 29.8. The van der Waals surface area contributed by atoms with Crippen molar-refractivity contribution in [3.8, 4) is 45.9 Å². The van der Waals surface area contributed by atoms with Crippen LogP contribution in [0.1, 0.15) is 192 Å². The molecule has 77 heavy (non-hydrogen) atoms. The van der Waals surface area contributed by atoms with Crippen LogP contribution in [-0.2, 0) is 0 Å². The zero-order chi connectivity index (χ0) is 54.5. The lowest BCUT2D eigenvalue weighted by Gasteiger charge is -2.20. The molecular weight excluding hydrogens is 949 g/mol. The van der Waals surface area contributed by atoms with Crippen molar-refractivity contribution >= 4 is 36.5 Å². The molecule has 0 amide bonds. The van der Waals surface area contributed by atoms with Gasteiger partial charge in [-0.2, -0.15) is 0 Å². The summed E-state index contributed by atoms with van der Waals surface area (Å²) in [6.07, 6.45) is 31.7. The zero-order valence-electron chi connectivity index (χ0n) is 48.2. The van der Waals surface area contributed by atoms with Gasteiger partial charge in [-0.25, -0.2) is 0 Å². The molecular formula is C70H92N2O5. The minimum Gasteiger partial charge on any atom is -0.493 e. The van der Waals surface area contributed by atoms with Crippen molar-refractivity contribution < 1.29 is 23.4 Å². The topological polar surface area (TPSA) is 75.8 Å². The molecule has 0 radical (unpaired) electrons. The van der Waals surface area contributed by atoms with Crippen LogP contribution in [-0.4, -0.2) is 36.6 Å². The van der Waals surface area contributed by atoms with Crippen molar-refractivity contribution in [1.29, 1.82) is 0 Å². The first-order chi connectivity index (χ1) is 37.8. The highest BCUT2D eigenvalue weighted by atomic mass is 16.5. The number of hydrogen-bond donors (Lipinski definition) is 0. The Morgan fingerprint density at radius 3 is 1.13 bits per heavy atom. The van der Waals surface area contributed by atoms with Gasteiger partial charge in [-0.3, -0.25) is 0 Å². The van der Waals surface area contributed by atoms with E-state index in [-0.39, 0.29) is 0 Å². The summed E-state index contributed by atoms with van der Waals surface area (Å²) >= 11 is 0. The molecule has 0 bridgehead atoms. The van der Waals surface area contributed by atoms with Crippen LogP contribution in [0.15, 0.2) is 114 Å². The highest BCUT2D eigenvalue weighted by Gasteiger charge is 2.17. The molecule has 1 heterocycles. The van der Waals surface area contributed by atoms with Gasteiger partial charge in [0.25, 0.3) is 0 Å².